The molecule has 0 atom stereocenters. The Kier molecular flexibility index (Phi) is 7.88. The molecule has 190 valence electrons. The highest BCUT2D eigenvalue weighted by molar-refractivity contribution is 7.71. The smallest absolute Gasteiger partial charge is 0.199 e. The number of benzene rings is 2. The summed E-state index contributed by atoms with van der Waals surface area (Å²) in [4.78, 5) is 0. The van der Waals surface area contributed by atoms with Crippen molar-refractivity contribution in [1.82, 2.24) is 14.8 Å². The van der Waals surface area contributed by atoms with Crippen LogP contribution in [0.1, 0.15) is 13.8 Å². The average molecular weight is 551 g/mol. The molecule has 0 spiro atoms. The van der Waals surface area contributed by atoms with Crippen LogP contribution in [-0.4, -0.2) is 34.7 Å². The normalized spacial score (nSPS) is 10.9. The van der Waals surface area contributed by atoms with Gasteiger partial charge in [-0.05, 0) is 90.8 Å². The van der Waals surface area contributed by atoms with Crippen LogP contribution in [0.2, 0.25) is 0 Å². The predicted molar refractivity (Wildman–Crippen MR) is 153 cm³/mol. The van der Waals surface area contributed by atoms with Gasteiger partial charge in [-0.2, -0.15) is 5.10 Å². The van der Waals surface area contributed by atoms with Gasteiger partial charge in [0.2, 0.25) is 0 Å². The molecule has 0 aliphatic rings. The first-order valence-electron chi connectivity index (χ1n) is 11.8. The fourth-order valence-corrected chi connectivity index (χ4v) is 5.70. The molecule has 0 aliphatic carbocycles. The van der Waals surface area contributed by atoms with E-state index in [9.17, 15) is 0 Å². The van der Waals surface area contributed by atoms with Crippen molar-refractivity contribution in [1.29, 1.82) is 0 Å². The summed E-state index contributed by atoms with van der Waals surface area (Å²) in [5.74, 6) is 0.767. The first-order valence-corrected chi connectivity index (χ1v) is 14.0. The van der Waals surface area contributed by atoms with Gasteiger partial charge in [0.25, 0.3) is 0 Å². The fraction of sp³-hybridized carbons (Fsp3) is 0.185. The Hall–Kier alpha value is -3.60. The minimum Gasteiger partial charge on any atom is -0.484 e. The molecule has 0 saturated heterocycles. The van der Waals surface area contributed by atoms with Crippen molar-refractivity contribution in [2.75, 3.05) is 25.3 Å². The molecule has 3 heterocycles. The van der Waals surface area contributed by atoms with Crippen LogP contribution in [0.3, 0.4) is 0 Å². The molecule has 0 fully saturated rings. The summed E-state index contributed by atoms with van der Waals surface area (Å²) >= 11 is 8.48. The first kappa shape index (κ1) is 25.1. The third kappa shape index (κ3) is 5.87. The first-order chi connectivity index (χ1) is 18.1. The molecule has 0 radical (unpaired) electrons. The Labute approximate surface area is 228 Å². The monoisotopic (exact) mass is 550 g/mol. The lowest BCUT2D eigenvalue weighted by Gasteiger charge is -2.13. The number of hydrogen-bond acceptors (Lipinski definition) is 8. The molecular formula is C27H26N4O3S3. The summed E-state index contributed by atoms with van der Waals surface area (Å²) in [7, 11) is 0. The molecule has 0 saturated carbocycles. The zero-order valence-electron chi connectivity index (χ0n) is 20.4. The van der Waals surface area contributed by atoms with E-state index in [0.29, 0.717) is 24.7 Å². The van der Waals surface area contributed by atoms with Crippen LogP contribution in [-0.2, 0) is 0 Å². The summed E-state index contributed by atoms with van der Waals surface area (Å²) in [5, 5.41) is 16.1. The van der Waals surface area contributed by atoms with Crippen LogP contribution in [0.15, 0.2) is 71.7 Å². The molecule has 0 unspecified atom stereocenters. The molecule has 5 rings (SSSR count). The SMILES string of the molecule is CCOc1cc(-c2ccc(OCNc3cccc(-n4cn[nH]c4=S)c3)cc2-c2csc(OCC)c2)cs1. The number of H-pyrrole nitrogens is 1. The van der Waals surface area contributed by atoms with Crippen molar-refractivity contribution in [2.45, 2.75) is 13.8 Å². The van der Waals surface area contributed by atoms with Crippen LogP contribution in [0, 0.1) is 4.77 Å². The second-order valence-electron chi connectivity index (χ2n) is 7.93. The van der Waals surface area contributed by atoms with E-state index < -0.39 is 0 Å². The van der Waals surface area contributed by atoms with Crippen molar-refractivity contribution in [3.63, 3.8) is 0 Å². The van der Waals surface area contributed by atoms with Gasteiger partial charge in [0.1, 0.15) is 12.1 Å². The van der Waals surface area contributed by atoms with E-state index in [1.807, 2.05) is 48.7 Å². The maximum absolute atomic E-state index is 6.11. The van der Waals surface area contributed by atoms with Gasteiger partial charge >= 0.3 is 0 Å². The Morgan fingerprint density at radius 1 is 0.892 bits per heavy atom. The lowest BCUT2D eigenvalue weighted by atomic mass is 9.97. The highest BCUT2D eigenvalue weighted by Crippen LogP contribution is 2.41. The maximum atomic E-state index is 6.11. The van der Waals surface area contributed by atoms with Gasteiger partial charge in [0.15, 0.2) is 21.6 Å². The van der Waals surface area contributed by atoms with Crippen molar-refractivity contribution in [3.05, 3.63) is 76.5 Å². The summed E-state index contributed by atoms with van der Waals surface area (Å²) in [5.41, 5.74) is 6.24. The minimum absolute atomic E-state index is 0.305. The molecule has 7 nitrogen and oxygen atoms in total. The molecule has 0 amide bonds. The number of aromatic nitrogens is 3. The Morgan fingerprint density at radius 2 is 1.62 bits per heavy atom. The molecule has 5 aromatic rings. The molecule has 3 aromatic heterocycles. The van der Waals surface area contributed by atoms with Crippen LogP contribution in [0.4, 0.5) is 5.69 Å². The van der Waals surface area contributed by atoms with Crippen LogP contribution in [0.5, 0.6) is 15.9 Å². The number of anilines is 1. The molecular weight excluding hydrogens is 525 g/mol. The van der Waals surface area contributed by atoms with Crippen molar-refractivity contribution < 1.29 is 14.2 Å². The van der Waals surface area contributed by atoms with Gasteiger partial charge in [-0.25, -0.2) is 0 Å². The third-order valence-corrected chi connectivity index (χ3v) is 7.50. The number of nitrogens with zero attached hydrogens (tertiary/aromatic N) is 2. The largest absolute Gasteiger partial charge is 0.484 e. The van der Waals surface area contributed by atoms with E-state index in [-0.39, 0.29) is 0 Å². The van der Waals surface area contributed by atoms with Gasteiger partial charge in [-0.3, -0.25) is 9.67 Å². The quantitative estimate of drug-likeness (QED) is 0.130. The zero-order valence-corrected chi connectivity index (χ0v) is 22.8. The number of thiophene rings is 2. The van der Waals surface area contributed by atoms with E-state index in [0.717, 1.165) is 49.5 Å². The standard InChI is InChI=1S/C27H26N4O3S3/c1-3-32-25-10-18(14-36-25)23-9-8-22(13-24(23)19-11-26(33-4-2)37-15-19)34-17-28-20-6-5-7-21(12-20)31-16-29-30-27(31)35/h5-16,28H,3-4,17H2,1-2H3,(H,30,35). The van der Waals surface area contributed by atoms with Gasteiger partial charge in [-0.15, -0.1) is 22.7 Å². The number of nitrogens with one attached hydrogen (secondary N) is 2. The van der Waals surface area contributed by atoms with Gasteiger partial charge in [0.05, 0.1) is 18.9 Å². The van der Waals surface area contributed by atoms with E-state index >= 15 is 0 Å². The lowest BCUT2D eigenvalue weighted by Crippen LogP contribution is -2.09. The fourth-order valence-electron chi connectivity index (χ4n) is 3.86. The molecule has 2 aromatic carbocycles. The lowest BCUT2D eigenvalue weighted by molar-refractivity contribution is 0.347. The summed E-state index contributed by atoms with van der Waals surface area (Å²) in [6.07, 6.45) is 1.66. The topological polar surface area (TPSA) is 73.3 Å². The summed E-state index contributed by atoms with van der Waals surface area (Å²) in [6.45, 7) is 5.58. The van der Waals surface area contributed by atoms with Crippen LogP contribution >= 0.6 is 34.9 Å². The van der Waals surface area contributed by atoms with Crippen molar-refractivity contribution in [2.24, 2.45) is 0 Å². The molecule has 37 heavy (non-hydrogen) atoms. The van der Waals surface area contributed by atoms with Crippen molar-refractivity contribution >= 4 is 40.6 Å². The Balaban J connectivity index is 1.36. The Bertz CT molecular complexity index is 1540. The predicted octanol–water partition coefficient (Wildman–Crippen LogP) is 7.63. The number of aromatic amines is 1. The summed E-state index contributed by atoms with van der Waals surface area (Å²) in [6, 6.07) is 18.3. The minimum atomic E-state index is 0.305. The average Bonchev–Trinajstić information content (AvgIpc) is 3.66. The molecule has 0 bridgehead atoms. The maximum Gasteiger partial charge on any atom is 0.199 e. The third-order valence-electron chi connectivity index (χ3n) is 5.53. The van der Waals surface area contributed by atoms with Gasteiger partial charge < -0.3 is 19.5 Å². The summed E-state index contributed by atoms with van der Waals surface area (Å²) < 4.78 is 19.9. The van der Waals surface area contributed by atoms with E-state index in [1.54, 1.807) is 29.0 Å². The zero-order chi connectivity index (χ0) is 25.6. The molecule has 2 N–H and O–H groups in total. The highest BCUT2D eigenvalue weighted by atomic mass is 32.1. The van der Waals surface area contributed by atoms with E-state index in [4.69, 9.17) is 26.4 Å². The Morgan fingerprint density at radius 3 is 2.30 bits per heavy atom. The number of hydrogen-bond donors (Lipinski definition) is 2. The second-order valence-corrected chi connectivity index (χ2v) is 10.1. The van der Waals surface area contributed by atoms with Gasteiger partial charge in [0, 0.05) is 16.4 Å². The van der Waals surface area contributed by atoms with Crippen LogP contribution in [0.25, 0.3) is 27.9 Å². The molecule has 0 aliphatic heterocycles. The van der Waals surface area contributed by atoms with E-state index in [2.05, 4.69) is 50.5 Å². The number of rotatable bonds is 11. The van der Waals surface area contributed by atoms with Gasteiger partial charge in [-0.1, -0.05) is 12.1 Å². The van der Waals surface area contributed by atoms with E-state index in [1.165, 1.54) is 0 Å². The van der Waals surface area contributed by atoms with Crippen LogP contribution < -0.4 is 19.5 Å². The molecule has 10 heteroatoms. The highest BCUT2D eigenvalue weighted by Gasteiger charge is 2.14. The van der Waals surface area contributed by atoms with Crippen molar-refractivity contribution in [3.8, 4) is 43.8 Å². The second kappa shape index (κ2) is 11.6. The number of ether oxygens (including phenoxy) is 3.